The quantitative estimate of drug-likeness (QED) is 0.153. The fourth-order valence-electron chi connectivity index (χ4n) is 3.73. The van der Waals surface area contributed by atoms with Crippen molar-refractivity contribution in [1.29, 1.82) is 0 Å². The first kappa shape index (κ1) is 23.9. The van der Waals surface area contributed by atoms with Crippen molar-refractivity contribution >= 4 is 23.1 Å². The van der Waals surface area contributed by atoms with Crippen LogP contribution in [0.2, 0.25) is 0 Å². The molecule has 1 N–H and O–H groups in total. The van der Waals surface area contributed by atoms with Gasteiger partial charge < -0.3 is 19.5 Å². The van der Waals surface area contributed by atoms with Crippen molar-refractivity contribution in [1.82, 2.24) is 4.90 Å². The van der Waals surface area contributed by atoms with Crippen LogP contribution in [0.1, 0.15) is 37.4 Å². The van der Waals surface area contributed by atoms with E-state index in [0.29, 0.717) is 29.9 Å². The predicted octanol–water partition coefficient (Wildman–Crippen LogP) is 3.84. The molecule has 0 saturated carbocycles. The normalized spacial score (nSPS) is 17.6. The highest BCUT2D eigenvalue weighted by atomic mass is 16.6. The van der Waals surface area contributed by atoms with Crippen molar-refractivity contribution in [3.05, 3.63) is 75.3 Å². The first-order chi connectivity index (χ1) is 15.7. The zero-order valence-corrected chi connectivity index (χ0v) is 18.7. The van der Waals surface area contributed by atoms with E-state index in [0.717, 1.165) is 0 Å². The van der Waals surface area contributed by atoms with Gasteiger partial charge in [0.25, 0.3) is 17.4 Å². The second-order valence-corrected chi connectivity index (χ2v) is 7.88. The Hall–Kier alpha value is -3.72. The number of rotatable bonds is 9. The number of carbonyl (C=O) groups excluding carboxylic acids is 2. The number of Topliss-reactive ketones (excluding diaryl/α,β-unsaturated/α-hetero) is 1. The maximum absolute atomic E-state index is 13.0. The van der Waals surface area contributed by atoms with Crippen LogP contribution in [0.25, 0.3) is 5.76 Å². The van der Waals surface area contributed by atoms with Crippen LogP contribution in [0, 0.1) is 10.1 Å². The predicted molar refractivity (Wildman–Crippen MR) is 121 cm³/mol. The molecule has 2 aromatic rings. The van der Waals surface area contributed by atoms with E-state index < -0.39 is 22.7 Å². The third-order valence-corrected chi connectivity index (χ3v) is 5.21. The highest BCUT2D eigenvalue weighted by Gasteiger charge is 2.45. The number of nitrogens with zero attached hydrogens (tertiary/aromatic N) is 2. The largest absolute Gasteiger partial charge is 0.507 e. The number of amides is 1. The monoisotopic (exact) mass is 454 g/mol. The SMILES string of the molecule is COCCCN1C(=O)C(=O)C(=C(O)c2ccc(OC(C)C)cc2)[C@@H]1c1ccc([N+](=O)[O-])cc1. The molecule has 9 nitrogen and oxygen atoms in total. The molecular weight excluding hydrogens is 428 g/mol. The zero-order valence-electron chi connectivity index (χ0n) is 18.7. The van der Waals surface area contributed by atoms with Crippen LogP contribution < -0.4 is 4.74 Å². The van der Waals surface area contributed by atoms with Crippen molar-refractivity contribution in [2.75, 3.05) is 20.3 Å². The summed E-state index contributed by atoms with van der Waals surface area (Å²) in [6, 6.07) is 11.3. The summed E-state index contributed by atoms with van der Waals surface area (Å²) in [4.78, 5) is 37.7. The molecule has 1 aliphatic rings. The fourth-order valence-corrected chi connectivity index (χ4v) is 3.73. The molecule has 1 amide bonds. The van der Waals surface area contributed by atoms with Gasteiger partial charge in [-0.15, -0.1) is 0 Å². The second-order valence-electron chi connectivity index (χ2n) is 7.88. The molecule has 1 aliphatic heterocycles. The van der Waals surface area contributed by atoms with E-state index in [-0.39, 0.29) is 29.7 Å². The Morgan fingerprint density at radius 1 is 1.12 bits per heavy atom. The van der Waals surface area contributed by atoms with Crippen molar-refractivity contribution in [3.63, 3.8) is 0 Å². The Morgan fingerprint density at radius 3 is 2.30 bits per heavy atom. The standard InChI is InChI=1S/C24H26N2O7/c1-15(2)33-19-11-7-17(8-12-19)22(27)20-21(16-5-9-18(10-6-16)26(30)31)25(13-4-14-32-3)24(29)23(20)28/h5-12,15,21,27H,4,13-14H2,1-3H3/t21-/m0/s1. The number of ketones is 1. The highest BCUT2D eigenvalue weighted by molar-refractivity contribution is 6.46. The molecule has 0 bridgehead atoms. The Balaban J connectivity index is 2.06. The number of hydrogen-bond acceptors (Lipinski definition) is 7. The van der Waals surface area contributed by atoms with Crippen molar-refractivity contribution in [2.24, 2.45) is 0 Å². The third-order valence-electron chi connectivity index (χ3n) is 5.21. The number of methoxy groups -OCH3 is 1. The van der Waals surface area contributed by atoms with E-state index in [1.165, 1.54) is 36.3 Å². The van der Waals surface area contributed by atoms with E-state index in [4.69, 9.17) is 9.47 Å². The van der Waals surface area contributed by atoms with Crippen LogP contribution in [-0.2, 0) is 14.3 Å². The lowest BCUT2D eigenvalue weighted by Crippen LogP contribution is -2.31. The van der Waals surface area contributed by atoms with Gasteiger partial charge in [-0.1, -0.05) is 0 Å². The number of hydrogen-bond donors (Lipinski definition) is 1. The van der Waals surface area contributed by atoms with E-state index >= 15 is 0 Å². The molecule has 0 radical (unpaired) electrons. The van der Waals surface area contributed by atoms with Crippen molar-refractivity contribution < 1.29 is 29.1 Å². The smallest absolute Gasteiger partial charge is 0.295 e. The van der Waals surface area contributed by atoms with Gasteiger partial charge in [-0.2, -0.15) is 0 Å². The van der Waals surface area contributed by atoms with Gasteiger partial charge in [0.05, 0.1) is 22.6 Å². The number of likely N-dealkylation sites (tertiary alicyclic amines) is 1. The first-order valence-corrected chi connectivity index (χ1v) is 10.5. The zero-order chi connectivity index (χ0) is 24.1. The summed E-state index contributed by atoms with van der Waals surface area (Å²) < 4.78 is 10.7. The summed E-state index contributed by atoms with van der Waals surface area (Å²) in [6.45, 7) is 4.39. The van der Waals surface area contributed by atoms with Crippen molar-refractivity contribution in [2.45, 2.75) is 32.4 Å². The summed E-state index contributed by atoms with van der Waals surface area (Å²) in [5.74, 6) is -1.26. The average Bonchev–Trinajstić information content (AvgIpc) is 3.04. The third kappa shape index (κ3) is 5.20. The Kier molecular flexibility index (Phi) is 7.44. The molecule has 0 aliphatic carbocycles. The maximum Gasteiger partial charge on any atom is 0.295 e. The molecule has 9 heteroatoms. The Morgan fingerprint density at radius 2 is 1.76 bits per heavy atom. The number of carbonyl (C=O) groups is 2. The lowest BCUT2D eigenvalue weighted by molar-refractivity contribution is -0.384. The van der Waals surface area contributed by atoms with Gasteiger partial charge >= 0.3 is 0 Å². The molecule has 3 rings (SSSR count). The Bertz CT molecular complexity index is 1060. The van der Waals surface area contributed by atoms with Crippen LogP contribution in [0.4, 0.5) is 5.69 Å². The number of nitro benzene ring substituents is 1. The molecule has 0 aromatic heterocycles. The highest BCUT2D eigenvalue weighted by Crippen LogP contribution is 2.40. The van der Waals surface area contributed by atoms with Gasteiger partial charge in [0.1, 0.15) is 11.5 Å². The molecule has 1 fully saturated rings. The van der Waals surface area contributed by atoms with Gasteiger partial charge in [-0.3, -0.25) is 19.7 Å². The summed E-state index contributed by atoms with van der Waals surface area (Å²) in [6.07, 6.45) is 0.456. The summed E-state index contributed by atoms with van der Waals surface area (Å²) in [5.41, 5.74) is 0.658. The van der Waals surface area contributed by atoms with E-state index in [1.54, 1.807) is 24.3 Å². The number of aliphatic hydroxyl groups excluding tert-OH is 1. The fraction of sp³-hybridized carbons (Fsp3) is 0.333. The number of benzene rings is 2. The summed E-state index contributed by atoms with van der Waals surface area (Å²) in [5, 5.41) is 22.1. The molecule has 1 atom stereocenters. The molecule has 0 spiro atoms. The minimum absolute atomic E-state index is 0.0241. The Labute approximate surface area is 191 Å². The van der Waals surface area contributed by atoms with Crippen LogP contribution in [0.3, 0.4) is 0 Å². The molecule has 33 heavy (non-hydrogen) atoms. The van der Waals surface area contributed by atoms with Crippen LogP contribution in [0.5, 0.6) is 5.75 Å². The summed E-state index contributed by atoms with van der Waals surface area (Å²) in [7, 11) is 1.54. The van der Waals surface area contributed by atoms with Gasteiger partial charge in [0.15, 0.2) is 0 Å². The lowest BCUT2D eigenvalue weighted by atomic mass is 9.95. The van der Waals surface area contributed by atoms with Crippen LogP contribution in [-0.4, -0.2) is 53.0 Å². The van der Waals surface area contributed by atoms with E-state index in [9.17, 15) is 24.8 Å². The van der Waals surface area contributed by atoms with E-state index in [2.05, 4.69) is 0 Å². The van der Waals surface area contributed by atoms with Crippen LogP contribution in [0.15, 0.2) is 54.1 Å². The molecule has 0 unspecified atom stereocenters. The number of non-ortho nitro benzene ring substituents is 1. The number of nitro groups is 1. The average molecular weight is 454 g/mol. The lowest BCUT2D eigenvalue weighted by Gasteiger charge is -2.25. The molecule has 2 aromatic carbocycles. The van der Waals surface area contributed by atoms with Crippen LogP contribution >= 0.6 is 0 Å². The van der Waals surface area contributed by atoms with Crippen molar-refractivity contribution in [3.8, 4) is 5.75 Å². The second kappa shape index (κ2) is 10.3. The van der Waals surface area contributed by atoms with E-state index in [1.807, 2.05) is 13.8 Å². The molecule has 1 saturated heterocycles. The molecular formula is C24H26N2O7. The molecule has 174 valence electrons. The maximum atomic E-state index is 13.0. The number of aliphatic hydroxyl groups is 1. The first-order valence-electron chi connectivity index (χ1n) is 10.5. The van der Waals surface area contributed by atoms with Gasteiger partial charge in [-0.25, -0.2) is 0 Å². The number of ether oxygens (including phenoxy) is 2. The van der Waals surface area contributed by atoms with Gasteiger partial charge in [-0.05, 0) is 62.2 Å². The minimum Gasteiger partial charge on any atom is -0.507 e. The summed E-state index contributed by atoms with van der Waals surface area (Å²) >= 11 is 0. The molecule has 1 heterocycles. The topological polar surface area (TPSA) is 119 Å². The van der Waals surface area contributed by atoms with Gasteiger partial charge in [0.2, 0.25) is 0 Å². The minimum atomic E-state index is -0.880. The van der Waals surface area contributed by atoms with Gasteiger partial charge in [0, 0.05) is 38.0 Å².